The number of amides is 2. The van der Waals surface area contributed by atoms with Crippen molar-refractivity contribution in [1.82, 2.24) is 9.62 Å². The van der Waals surface area contributed by atoms with E-state index in [1.54, 1.807) is 20.8 Å². The molecule has 0 bridgehead atoms. The van der Waals surface area contributed by atoms with E-state index in [-0.39, 0.29) is 55.3 Å². The van der Waals surface area contributed by atoms with Crippen molar-refractivity contribution in [3.63, 3.8) is 0 Å². The summed E-state index contributed by atoms with van der Waals surface area (Å²) in [5.74, 6) is -2.91. The van der Waals surface area contributed by atoms with Gasteiger partial charge >= 0.3 is 5.97 Å². The quantitative estimate of drug-likeness (QED) is 0.365. The maximum absolute atomic E-state index is 14.0. The van der Waals surface area contributed by atoms with Crippen LogP contribution in [0.4, 0.5) is 0 Å². The number of rotatable bonds is 5. The molecule has 4 rings (SSSR count). The summed E-state index contributed by atoms with van der Waals surface area (Å²) in [7, 11) is -3.80. The van der Waals surface area contributed by atoms with Gasteiger partial charge in [-0.1, -0.05) is 32.4 Å². The third-order valence-electron chi connectivity index (χ3n) is 9.01. The summed E-state index contributed by atoms with van der Waals surface area (Å²) in [5.41, 5.74) is -1.92. The van der Waals surface area contributed by atoms with Crippen molar-refractivity contribution < 1.29 is 37.4 Å². The van der Waals surface area contributed by atoms with Crippen molar-refractivity contribution in [3.05, 3.63) is 12.2 Å². The van der Waals surface area contributed by atoms with E-state index in [2.05, 4.69) is 11.6 Å². The molecule has 2 saturated carbocycles. The van der Waals surface area contributed by atoms with Crippen molar-refractivity contribution in [2.45, 2.75) is 115 Å². The van der Waals surface area contributed by atoms with Crippen LogP contribution in [0.1, 0.15) is 92.4 Å². The van der Waals surface area contributed by atoms with Gasteiger partial charge in [-0.15, -0.1) is 0 Å². The number of ether oxygens (including phenoxy) is 1. The van der Waals surface area contributed by atoms with Crippen LogP contribution in [0.5, 0.6) is 0 Å². The number of fused-ring (bicyclic) bond motifs is 2. The molecule has 2 aliphatic carbocycles. The van der Waals surface area contributed by atoms with Crippen LogP contribution in [-0.4, -0.2) is 71.5 Å². The maximum atomic E-state index is 14.0. The number of allylic oxidation sites excluding steroid dienone is 2. The van der Waals surface area contributed by atoms with Crippen LogP contribution in [0, 0.1) is 29.1 Å². The largest absolute Gasteiger partial charge is 0.460 e. The summed E-state index contributed by atoms with van der Waals surface area (Å²) in [6.07, 6.45) is 6.42. The van der Waals surface area contributed by atoms with Crippen LogP contribution in [0.2, 0.25) is 0 Å². The molecule has 2 amide bonds. The van der Waals surface area contributed by atoms with E-state index in [0.717, 1.165) is 12.8 Å². The number of hydrogen-bond donors (Lipinski definition) is 2. The lowest BCUT2D eigenvalue weighted by Crippen LogP contribution is -2.47. The lowest BCUT2D eigenvalue weighted by molar-refractivity contribution is -0.159. The molecule has 10 nitrogen and oxygen atoms in total. The fourth-order valence-electron chi connectivity index (χ4n) is 6.30. The Morgan fingerprint density at radius 3 is 2.44 bits per heavy atom. The van der Waals surface area contributed by atoms with Crippen LogP contribution in [0.15, 0.2) is 12.2 Å². The van der Waals surface area contributed by atoms with Gasteiger partial charge in [-0.25, -0.2) is 8.42 Å². The average Bonchev–Trinajstić information content (AvgIpc) is 3.76. The summed E-state index contributed by atoms with van der Waals surface area (Å²) >= 11 is 0. The van der Waals surface area contributed by atoms with E-state index in [9.17, 15) is 32.7 Å². The summed E-state index contributed by atoms with van der Waals surface area (Å²) in [4.78, 5) is 55.4. The normalized spacial score (nSPS) is 35.9. The van der Waals surface area contributed by atoms with Crippen molar-refractivity contribution in [1.29, 1.82) is 0 Å². The van der Waals surface area contributed by atoms with Crippen molar-refractivity contribution in [3.8, 4) is 0 Å². The van der Waals surface area contributed by atoms with Gasteiger partial charge in [0.05, 0.1) is 35.1 Å². The molecule has 41 heavy (non-hydrogen) atoms. The first-order valence-corrected chi connectivity index (χ1v) is 16.5. The molecule has 0 aromatic heterocycles. The number of nitrogens with zero attached hydrogens (tertiary/aromatic N) is 1. The molecular formula is C30H46N2O8S. The number of hydrogen-bond acceptors (Lipinski definition) is 8. The molecule has 0 aromatic rings. The second kappa shape index (κ2) is 11.8. The molecule has 11 heteroatoms. The third kappa shape index (κ3) is 7.58. The number of carbonyl (C=O) groups excluding carboxylic acids is 4. The smallest absolute Gasteiger partial charge is 0.307 e. The SMILES string of the molecule is C[C@@H]1/C=C\[C@@H]2C[C@@]2(C(=O)NS(=O)(=O)C2CC2)CC(=O)C2C[C@@H](O)CN2C(=O)[C@@H](CC(=O)OC(C)(C)C)[C@H](C)CCC1. The van der Waals surface area contributed by atoms with Gasteiger partial charge in [-0.2, -0.15) is 0 Å². The first-order chi connectivity index (χ1) is 19.0. The van der Waals surface area contributed by atoms with Gasteiger partial charge in [0.2, 0.25) is 21.8 Å². The predicted octanol–water partition coefficient (Wildman–Crippen LogP) is 2.88. The Morgan fingerprint density at radius 2 is 1.80 bits per heavy atom. The monoisotopic (exact) mass is 594 g/mol. The van der Waals surface area contributed by atoms with Gasteiger partial charge in [-0.05, 0) is 70.6 Å². The van der Waals surface area contributed by atoms with Crippen molar-refractivity contribution in [2.24, 2.45) is 29.1 Å². The zero-order valence-electron chi connectivity index (χ0n) is 24.9. The molecule has 3 fully saturated rings. The van der Waals surface area contributed by atoms with Crippen LogP contribution in [-0.2, 0) is 33.9 Å². The lowest BCUT2D eigenvalue weighted by Gasteiger charge is -2.32. The number of nitrogens with one attached hydrogen (secondary N) is 1. The number of ketones is 1. The van der Waals surface area contributed by atoms with Crippen LogP contribution in [0.25, 0.3) is 0 Å². The zero-order chi connectivity index (χ0) is 30.3. The predicted molar refractivity (Wildman–Crippen MR) is 152 cm³/mol. The standard InChI is InChI=1S/C30H46N2O8S/c1-18-7-6-8-19(2)23(14-26(35)40-29(3,4)5)27(36)32-17-21(33)13-24(32)25(34)16-30(15-20(30)10-9-18)28(37)31-41(38,39)22-11-12-22/h9-10,18-24,33H,6-8,11-17H2,1-5H3,(H,31,37)/b10-9-/t18-,19+,20+,21+,23-,24?,30+/m0/s1. The van der Waals surface area contributed by atoms with Crippen molar-refractivity contribution in [2.75, 3.05) is 6.54 Å². The molecular weight excluding hydrogens is 548 g/mol. The lowest BCUT2D eigenvalue weighted by atomic mass is 9.84. The number of sulfonamides is 1. The van der Waals surface area contributed by atoms with Crippen molar-refractivity contribution >= 4 is 33.6 Å². The Morgan fingerprint density at radius 1 is 1.12 bits per heavy atom. The van der Waals surface area contributed by atoms with Gasteiger partial charge in [0.15, 0.2) is 5.78 Å². The molecule has 1 saturated heterocycles. The zero-order valence-corrected chi connectivity index (χ0v) is 25.7. The van der Waals surface area contributed by atoms with Gasteiger partial charge in [0.1, 0.15) is 5.60 Å². The maximum Gasteiger partial charge on any atom is 0.307 e. The summed E-state index contributed by atoms with van der Waals surface area (Å²) in [6, 6.07) is -0.954. The molecule has 230 valence electrons. The number of aliphatic hydroxyl groups excluding tert-OH is 1. The second-order valence-corrected chi connectivity index (χ2v) is 15.8. The van der Waals surface area contributed by atoms with E-state index in [1.807, 2.05) is 19.1 Å². The molecule has 0 aromatic carbocycles. The molecule has 2 heterocycles. The summed E-state index contributed by atoms with van der Waals surface area (Å²) in [6.45, 7) is 9.25. The molecule has 0 spiro atoms. The Hall–Kier alpha value is -2.27. The fraction of sp³-hybridized carbons (Fsp3) is 0.800. The molecule has 1 unspecified atom stereocenters. The molecule has 2 N–H and O–H groups in total. The number of esters is 1. The Balaban J connectivity index is 1.62. The fourth-order valence-corrected chi connectivity index (χ4v) is 7.69. The van der Waals surface area contributed by atoms with Gasteiger partial charge in [0, 0.05) is 19.4 Å². The minimum Gasteiger partial charge on any atom is -0.460 e. The number of carbonyl (C=O) groups is 4. The van der Waals surface area contributed by atoms with Gasteiger partial charge in [0.25, 0.3) is 0 Å². The molecule has 7 atom stereocenters. The van der Waals surface area contributed by atoms with Crippen LogP contribution in [0.3, 0.4) is 0 Å². The van der Waals surface area contributed by atoms with E-state index in [1.165, 1.54) is 4.90 Å². The highest BCUT2D eigenvalue weighted by Gasteiger charge is 2.61. The van der Waals surface area contributed by atoms with Gasteiger partial charge < -0.3 is 14.7 Å². The molecule has 0 radical (unpaired) electrons. The van der Waals surface area contributed by atoms with Crippen LogP contribution >= 0.6 is 0 Å². The Kier molecular flexibility index (Phi) is 9.10. The van der Waals surface area contributed by atoms with Crippen LogP contribution < -0.4 is 4.72 Å². The van der Waals surface area contributed by atoms with E-state index < -0.39 is 56.2 Å². The van der Waals surface area contributed by atoms with E-state index in [0.29, 0.717) is 25.7 Å². The third-order valence-corrected chi connectivity index (χ3v) is 10.8. The second-order valence-electron chi connectivity index (χ2n) is 13.8. The first kappa shape index (κ1) is 31.7. The Labute approximate surface area is 243 Å². The average molecular weight is 595 g/mol. The van der Waals surface area contributed by atoms with Gasteiger partial charge in [-0.3, -0.25) is 23.9 Å². The Bertz CT molecular complexity index is 1190. The highest BCUT2D eigenvalue weighted by Crippen LogP contribution is 2.57. The topological polar surface area (TPSA) is 147 Å². The van der Waals surface area contributed by atoms with E-state index in [4.69, 9.17) is 4.74 Å². The minimum absolute atomic E-state index is 0.0354. The summed E-state index contributed by atoms with van der Waals surface area (Å²) < 4.78 is 32.9. The summed E-state index contributed by atoms with van der Waals surface area (Å²) in [5, 5.41) is 9.96. The first-order valence-electron chi connectivity index (χ1n) is 15.0. The highest BCUT2D eigenvalue weighted by molar-refractivity contribution is 7.90. The van der Waals surface area contributed by atoms with E-state index >= 15 is 0 Å². The number of aliphatic hydroxyl groups is 1. The molecule has 2 aliphatic heterocycles. The molecule has 4 aliphatic rings. The highest BCUT2D eigenvalue weighted by atomic mass is 32.2. The minimum atomic E-state index is -3.80. The number of Topliss-reactive ketones (excluding diaryl/α,β-unsaturated/α-hetero) is 1.